The molecule has 0 aliphatic heterocycles. The number of thiophene rings is 1. The first-order valence-corrected chi connectivity index (χ1v) is 10.1. The van der Waals surface area contributed by atoms with Crippen LogP contribution in [0.1, 0.15) is 5.69 Å². The Bertz CT molecular complexity index is 1140. The van der Waals surface area contributed by atoms with Crippen LogP contribution in [-0.4, -0.2) is 21.4 Å². The van der Waals surface area contributed by atoms with Crippen LogP contribution in [0.4, 0.5) is 5.69 Å². The molecule has 1 N–H and O–H groups in total. The van der Waals surface area contributed by atoms with E-state index in [0.717, 1.165) is 16.3 Å². The van der Waals surface area contributed by atoms with Crippen molar-refractivity contribution in [3.05, 3.63) is 58.0 Å². The number of carbonyl (C=O) groups excluding carboxylic acids is 1. The van der Waals surface area contributed by atoms with Gasteiger partial charge in [0.25, 0.3) is 0 Å². The number of anilines is 1. The number of oxazole rings is 1. The van der Waals surface area contributed by atoms with Crippen LogP contribution in [-0.2, 0) is 17.6 Å². The Morgan fingerprint density at radius 2 is 2.22 bits per heavy atom. The number of amides is 1. The van der Waals surface area contributed by atoms with Gasteiger partial charge >= 0.3 is 5.76 Å². The van der Waals surface area contributed by atoms with Gasteiger partial charge in [-0.15, -0.1) is 23.1 Å². The fraction of sp³-hybridized carbons (Fsp3) is 0.167. The highest BCUT2D eigenvalue weighted by Gasteiger charge is 2.10. The zero-order valence-corrected chi connectivity index (χ0v) is 15.9. The summed E-state index contributed by atoms with van der Waals surface area (Å²) in [5.74, 6) is 1.02. The molecule has 0 radical (unpaired) electrons. The van der Waals surface area contributed by atoms with Crippen LogP contribution >= 0.6 is 23.1 Å². The molecule has 3 aromatic heterocycles. The summed E-state index contributed by atoms with van der Waals surface area (Å²) in [5.41, 5.74) is 2.50. The van der Waals surface area contributed by atoms with Gasteiger partial charge in [0.05, 0.1) is 21.8 Å². The summed E-state index contributed by atoms with van der Waals surface area (Å²) in [4.78, 5) is 24.7. The highest BCUT2D eigenvalue weighted by Crippen LogP contribution is 2.26. The first kappa shape index (κ1) is 17.6. The van der Waals surface area contributed by atoms with Crippen molar-refractivity contribution in [2.24, 2.45) is 7.05 Å². The van der Waals surface area contributed by atoms with E-state index in [4.69, 9.17) is 8.94 Å². The lowest BCUT2D eigenvalue weighted by Gasteiger charge is -2.04. The summed E-state index contributed by atoms with van der Waals surface area (Å²) < 4.78 is 11.9. The summed E-state index contributed by atoms with van der Waals surface area (Å²) in [6.07, 6.45) is 0. The van der Waals surface area contributed by atoms with E-state index in [-0.39, 0.29) is 11.7 Å². The number of nitrogens with zero attached hydrogens (tertiary/aromatic N) is 2. The Balaban J connectivity index is 1.31. The molecule has 1 amide bonds. The number of aromatic nitrogens is 2. The monoisotopic (exact) mass is 401 g/mol. The average Bonchev–Trinajstić information content (AvgIpc) is 3.37. The predicted octanol–water partition coefficient (Wildman–Crippen LogP) is 3.72. The van der Waals surface area contributed by atoms with Gasteiger partial charge in [0.15, 0.2) is 11.3 Å². The average molecular weight is 401 g/mol. The largest absolute Gasteiger partial charge is 0.419 e. The molecule has 4 rings (SSSR count). The third-order valence-corrected chi connectivity index (χ3v) is 5.73. The zero-order chi connectivity index (χ0) is 18.8. The second-order valence-corrected chi connectivity index (χ2v) is 7.74. The number of rotatable bonds is 6. The fourth-order valence-electron chi connectivity index (χ4n) is 2.57. The fourth-order valence-corrected chi connectivity index (χ4v) is 3.95. The van der Waals surface area contributed by atoms with Crippen molar-refractivity contribution in [2.45, 2.75) is 5.75 Å². The van der Waals surface area contributed by atoms with Crippen LogP contribution in [0, 0.1) is 0 Å². The van der Waals surface area contributed by atoms with Gasteiger partial charge in [-0.05, 0) is 23.6 Å². The molecule has 0 aliphatic rings. The normalized spacial score (nSPS) is 11.1. The van der Waals surface area contributed by atoms with E-state index in [9.17, 15) is 9.59 Å². The van der Waals surface area contributed by atoms with Gasteiger partial charge < -0.3 is 14.3 Å². The van der Waals surface area contributed by atoms with Gasteiger partial charge in [0, 0.05) is 30.6 Å². The minimum Gasteiger partial charge on any atom is -0.408 e. The van der Waals surface area contributed by atoms with Crippen LogP contribution in [0.2, 0.25) is 0 Å². The molecule has 27 heavy (non-hydrogen) atoms. The van der Waals surface area contributed by atoms with Crippen molar-refractivity contribution in [3.8, 4) is 10.6 Å². The molecular weight excluding hydrogens is 386 g/mol. The number of benzene rings is 1. The van der Waals surface area contributed by atoms with Crippen molar-refractivity contribution >= 4 is 45.8 Å². The first-order chi connectivity index (χ1) is 13.1. The molecule has 9 heteroatoms. The molecule has 0 atom stereocenters. The lowest BCUT2D eigenvalue weighted by atomic mass is 10.3. The Morgan fingerprint density at radius 1 is 1.33 bits per heavy atom. The standard InChI is InChI=1S/C18H15N3O4S2/c1-21-13-5-4-11(7-14(13)24-18(21)23)19-17(22)10-26-9-12-8-15(25-20-12)16-3-2-6-27-16/h2-8H,9-10H2,1H3,(H,19,22). The second-order valence-electron chi connectivity index (χ2n) is 5.81. The Hall–Kier alpha value is -2.78. The molecule has 1 aromatic carbocycles. The molecule has 4 aromatic rings. The zero-order valence-electron chi connectivity index (χ0n) is 14.3. The van der Waals surface area contributed by atoms with E-state index in [2.05, 4.69) is 10.5 Å². The molecule has 0 saturated carbocycles. The summed E-state index contributed by atoms with van der Waals surface area (Å²) in [5, 5.41) is 8.82. The molecule has 0 aliphatic carbocycles. The number of thioether (sulfide) groups is 1. The van der Waals surface area contributed by atoms with Crippen molar-refractivity contribution in [3.63, 3.8) is 0 Å². The van der Waals surface area contributed by atoms with Gasteiger partial charge in [-0.3, -0.25) is 9.36 Å². The second kappa shape index (κ2) is 7.45. The first-order valence-electron chi connectivity index (χ1n) is 8.07. The molecule has 0 unspecified atom stereocenters. The van der Waals surface area contributed by atoms with Crippen molar-refractivity contribution < 1.29 is 13.7 Å². The van der Waals surface area contributed by atoms with Crippen LogP contribution in [0.25, 0.3) is 21.7 Å². The quantitative estimate of drug-likeness (QED) is 0.530. The summed E-state index contributed by atoms with van der Waals surface area (Å²) >= 11 is 3.03. The minimum atomic E-state index is -0.432. The molecule has 0 spiro atoms. The number of fused-ring (bicyclic) bond motifs is 1. The van der Waals surface area contributed by atoms with E-state index >= 15 is 0 Å². The minimum absolute atomic E-state index is 0.139. The maximum Gasteiger partial charge on any atom is 0.419 e. The number of carbonyl (C=O) groups is 1. The van der Waals surface area contributed by atoms with Crippen LogP contribution in [0.5, 0.6) is 0 Å². The lowest BCUT2D eigenvalue weighted by molar-refractivity contribution is -0.113. The van der Waals surface area contributed by atoms with Crippen LogP contribution < -0.4 is 11.1 Å². The summed E-state index contributed by atoms with van der Waals surface area (Å²) in [6, 6.07) is 10.9. The third-order valence-electron chi connectivity index (χ3n) is 3.88. The number of hydrogen-bond acceptors (Lipinski definition) is 7. The van der Waals surface area contributed by atoms with Gasteiger partial charge in [0.2, 0.25) is 5.91 Å². The summed E-state index contributed by atoms with van der Waals surface area (Å²) in [6.45, 7) is 0. The molecular formula is C18H15N3O4S2. The van der Waals surface area contributed by atoms with Gasteiger partial charge in [-0.2, -0.15) is 0 Å². The van der Waals surface area contributed by atoms with E-state index in [1.807, 2.05) is 23.6 Å². The molecule has 138 valence electrons. The highest BCUT2D eigenvalue weighted by molar-refractivity contribution is 7.99. The SMILES string of the molecule is Cn1c(=O)oc2cc(NC(=O)CSCc3cc(-c4cccs4)on3)ccc21. The molecule has 3 heterocycles. The predicted molar refractivity (Wildman–Crippen MR) is 106 cm³/mol. The van der Waals surface area contributed by atoms with Gasteiger partial charge in [-0.25, -0.2) is 4.79 Å². The number of aryl methyl sites for hydroxylation is 1. The molecule has 0 saturated heterocycles. The molecule has 7 nitrogen and oxygen atoms in total. The maximum absolute atomic E-state index is 12.1. The van der Waals surface area contributed by atoms with Crippen LogP contribution in [0.15, 0.2) is 55.5 Å². The summed E-state index contributed by atoms with van der Waals surface area (Å²) in [7, 11) is 1.64. The Morgan fingerprint density at radius 3 is 3.04 bits per heavy atom. The highest BCUT2D eigenvalue weighted by atomic mass is 32.2. The van der Waals surface area contributed by atoms with Crippen molar-refractivity contribution in [1.29, 1.82) is 0 Å². The van der Waals surface area contributed by atoms with Crippen molar-refractivity contribution in [2.75, 3.05) is 11.1 Å². The van der Waals surface area contributed by atoms with Crippen molar-refractivity contribution in [1.82, 2.24) is 9.72 Å². The smallest absolute Gasteiger partial charge is 0.408 e. The lowest BCUT2D eigenvalue weighted by Crippen LogP contribution is -2.14. The number of hydrogen-bond donors (Lipinski definition) is 1. The van der Waals surface area contributed by atoms with E-state index in [1.54, 1.807) is 36.6 Å². The number of nitrogens with one attached hydrogen (secondary N) is 1. The Kier molecular flexibility index (Phi) is 4.87. The van der Waals surface area contributed by atoms with E-state index in [1.165, 1.54) is 16.3 Å². The third kappa shape index (κ3) is 3.83. The molecule has 0 fully saturated rings. The van der Waals surface area contributed by atoms with Crippen LogP contribution in [0.3, 0.4) is 0 Å². The molecule has 0 bridgehead atoms. The maximum atomic E-state index is 12.1. The van der Waals surface area contributed by atoms with E-state index in [0.29, 0.717) is 22.5 Å². The van der Waals surface area contributed by atoms with E-state index < -0.39 is 5.76 Å². The Labute approximate surface area is 162 Å². The van der Waals surface area contributed by atoms with Gasteiger partial charge in [-0.1, -0.05) is 11.2 Å². The van der Waals surface area contributed by atoms with Gasteiger partial charge in [0.1, 0.15) is 0 Å². The topological polar surface area (TPSA) is 90.3 Å².